The van der Waals surface area contributed by atoms with Gasteiger partial charge in [0.25, 0.3) is 5.91 Å². The van der Waals surface area contributed by atoms with Crippen LogP contribution in [0.4, 0.5) is 5.69 Å². The number of anilines is 1. The number of ether oxygens (including phenoxy) is 1. The fourth-order valence-corrected chi connectivity index (χ4v) is 3.46. The molecule has 6 heteroatoms. The molecule has 1 amide bonds. The Hall–Kier alpha value is -2.05. The van der Waals surface area contributed by atoms with E-state index in [1.54, 1.807) is 12.0 Å². The molecule has 0 aliphatic carbocycles. The van der Waals surface area contributed by atoms with E-state index in [0.29, 0.717) is 9.23 Å². The maximum Gasteiger partial charge on any atom is 0.270 e. The van der Waals surface area contributed by atoms with Crippen LogP contribution in [0, 0.1) is 0 Å². The number of rotatable bonds is 3. The maximum absolute atomic E-state index is 12.6. The van der Waals surface area contributed by atoms with Crippen molar-refractivity contribution in [1.29, 1.82) is 0 Å². The molecule has 1 aliphatic heterocycles. The van der Waals surface area contributed by atoms with Crippen molar-refractivity contribution in [2.24, 2.45) is 7.05 Å². The first-order valence-electron chi connectivity index (χ1n) is 6.63. The van der Waals surface area contributed by atoms with Crippen LogP contribution >= 0.6 is 24.0 Å². The van der Waals surface area contributed by atoms with E-state index in [1.807, 2.05) is 60.3 Å². The van der Waals surface area contributed by atoms with Gasteiger partial charge in [-0.05, 0) is 42.5 Å². The standard InChI is InChI=1S/C16H14N2O2S2/c1-17-9-3-4-12(17)10-14-15(19)18(16(21)22-14)11-5-7-13(20-2)8-6-11/h3-10H,1-2H3. The van der Waals surface area contributed by atoms with Crippen molar-refractivity contribution < 1.29 is 9.53 Å². The molecular formula is C16H14N2O2S2. The van der Waals surface area contributed by atoms with Crippen LogP contribution in [-0.2, 0) is 11.8 Å². The second-order valence-electron chi connectivity index (χ2n) is 4.76. The van der Waals surface area contributed by atoms with Crippen molar-refractivity contribution in [3.8, 4) is 5.75 Å². The molecule has 0 bridgehead atoms. The highest BCUT2D eigenvalue weighted by molar-refractivity contribution is 8.27. The molecule has 0 saturated carbocycles. The molecule has 112 valence electrons. The van der Waals surface area contributed by atoms with Crippen LogP contribution in [-0.4, -0.2) is 21.9 Å². The number of thioether (sulfide) groups is 1. The van der Waals surface area contributed by atoms with Crippen molar-refractivity contribution in [3.63, 3.8) is 0 Å². The Kier molecular flexibility index (Phi) is 4.04. The molecule has 4 nitrogen and oxygen atoms in total. The van der Waals surface area contributed by atoms with Gasteiger partial charge in [0.1, 0.15) is 5.75 Å². The zero-order valence-electron chi connectivity index (χ0n) is 12.1. The zero-order valence-corrected chi connectivity index (χ0v) is 13.8. The normalized spacial score (nSPS) is 16.6. The first kappa shape index (κ1) is 14.9. The van der Waals surface area contributed by atoms with Crippen LogP contribution in [0.25, 0.3) is 6.08 Å². The molecule has 22 heavy (non-hydrogen) atoms. The maximum atomic E-state index is 12.6. The molecule has 0 N–H and O–H groups in total. The number of methoxy groups -OCH3 is 1. The molecule has 0 unspecified atom stereocenters. The third kappa shape index (κ3) is 2.67. The highest BCUT2D eigenvalue weighted by Gasteiger charge is 2.33. The molecule has 3 rings (SSSR count). The molecule has 2 heterocycles. The van der Waals surface area contributed by atoms with Crippen molar-refractivity contribution in [1.82, 2.24) is 4.57 Å². The summed E-state index contributed by atoms with van der Waals surface area (Å²) in [6.45, 7) is 0. The Labute approximate surface area is 138 Å². The lowest BCUT2D eigenvalue weighted by atomic mass is 10.2. The van der Waals surface area contributed by atoms with Gasteiger partial charge in [-0.1, -0.05) is 24.0 Å². The molecule has 0 radical (unpaired) electrons. The second kappa shape index (κ2) is 5.98. The van der Waals surface area contributed by atoms with Gasteiger partial charge in [-0.3, -0.25) is 9.69 Å². The highest BCUT2D eigenvalue weighted by Crippen LogP contribution is 2.36. The lowest BCUT2D eigenvalue weighted by Gasteiger charge is -2.14. The fourth-order valence-electron chi connectivity index (χ4n) is 2.18. The predicted molar refractivity (Wildman–Crippen MR) is 94.1 cm³/mol. The first-order valence-corrected chi connectivity index (χ1v) is 7.86. The number of thiocarbonyl (C=S) groups is 1. The van der Waals surface area contributed by atoms with Gasteiger partial charge in [-0.25, -0.2) is 0 Å². The van der Waals surface area contributed by atoms with Gasteiger partial charge in [0.05, 0.1) is 17.7 Å². The van der Waals surface area contributed by atoms with Crippen LogP contribution in [0.2, 0.25) is 0 Å². The summed E-state index contributed by atoms with van der Waals surface area (Å²) in [6.07, 6.45) is 3.80. The molecule has 2 aromatic rings. The molecule has 1 aromatic carbocycles. The van der Waals surface area contributed by atoms with Crippen molar-refractivity contribution in [2.45, 2.75) is 0 Å². The van der Waals surface area contributed by atoms with E-state index in [0.717, 1.165) is 17.1 Å². The number of aryl methyl sites for hydroxylation is 1. The number of aromatic nitrogens is 1. The first-order chi connectivity index (χ1) is 10.6. The van der Waals surface area contributed by atoms with E-state index in [4.69, 9.17) is 17.0 Å². The molecule has 0 spiro atoms. The van der Waals surface area contributed by atoms with Gasteiger partial charge in [0.2, 0.25) is 0 Å². The lowest BCUT2D eigenvalue weighted by molar-refractivity contribution is -0.113. The topological polar surface area (TPSA) is 34.5 Å². The number of nitrogens with zero attached hydrogens (tertiary/aromatic N) is 2. The van der Waals surface area contributed by atoms with E-state index in [9.17, 15) is 4.79 Å². The summed E-state index contributed by atoms with van der Waals surface area (Å²) in [5.74, 6) is 0.648. The monoisotopic (exact) mass is 330 g/mol. The Balaban J connectivity index is 1.91. The average Bonchev–Trinajstić information content (AvgIpc) is 3.04. The number of benzene rings is 1. The number of carbonyl (C=O) groups excluding carboxylic acids is 1. The number of hydrogen-bond donors (Lipinski definition) is 0. The summed E-state index contributed by atoms with van der Waals surface area (Å²) in [6, 6.07) is 11.2. The zero-order chi connectivity index (χ0) is 15.7. The largest absolute Gasteiger partial charge is 0.497 e. The molecule has 1 aromatic heterocycles. The summed E-state index contributed by atoms with van der Waals surface area (Å²) in [7, 11) is 3.55. The van der Waals surface area contributed by atoms with Crippen LogP contribution in [0.15, 0.2) is 47.5 Å². The van der Waals surface area contributed by atoms with Gasteiger partial charge >= 0.3 is 0 Å². The van der Waals surface area contributed by atoms with E-state index in [-0.39, 0.29) is 5.91 Å². The minimum atomic E-state index is -0.0960. The molecule has 1 saturated heterocycles. The second-order valence-corrected chi connectivity index (χ2v) is 6.43. The van der Waals surface area contributed by atoms with Gasteiger partial charge in [-0.15, -0.1) is 0 Å². The van der Waals surface area contributed by atoms with Crippen LogP contribution in [0.5, 0.6) is 5.75 Å². The molecular weight excluding hydrogens is 316 g/mol. The lowest BCUT2D eigenvalue weighted by Crippen LogP contribution is -2.27. The van der Waals surface area contributed by atoms with E-state index < -0.39 is 0 Å². The minimum Gasteiger partial charge on any atom is -0.497 e. The third-order valence-corrected chi connectivity index (χ3v) is 4.69. The van der Waals surface area contributed by atoms with E-state index in [1.165, 1.54) is 11.8 Å². The smallest absolute Gasteiger partial charge is 0.270 e. The van der Waals surface area contributed by atoms with E-state index in [2.05, 4.69) is 0 Å². The minimum absolute atomic E-state index is 0.0960. The summed E-state index contributed by atoms with van der Waals surface area (Å²) in [4.78, 5) is 14.8. The summed E-state index contributed by atoms with van der Waals surface area (Å²) in [5.41, 5.74) is 1.72. The quantitative estimate of drug-likeness (QED) is 0.638. The summed E-state index contributed by atoms with van der Waals surface area (Å²) < 4.78 is 7.63. The molecule has 0 atom stereocenters. The summed E-state index contributed by atoms with van der Waals surface area (Å²) >= 11 is 6.67. The number of carbonyl (C=O) groups is 1. The van der Waals surface area contributed by atoms with Crippen LogP contribution in [0.1, 0.15) is 5.69 Å². The summed E-state index contributed by atoms with van der Waals surface area (Å²) in [5, 5.41) is 0. The Morgan fingerprint density at radius 3 is 2.55 bits per heavy atom. The number of hydrogen-bond acceptors (Lipinski definition) is 4. The van der Waals surface area contributed by atoms with Crippen molar-refractivity contribution in [2.75, 3.05) is 12.0 Å². The Bertz CT molecular complexity index is 763. The predicted octanol–water partition coefficient (Wildman–Crippen LogP) is 3.44. The van der Waals surface area contributed by atoms with Crippen LogP contribution in [0.3, 0.4) is 0 Å². The van der Waals surface area contributed by atoms with Gasteiger partial charge < -0.3 is 9.30 Å². The Morgan fingerprint density at radius 2 is 1.95 bits per heavy atom. The van der Waals surface area contributed by atoms with Gasteiger partial charge in [-0.2, -0.15) is 0 Å². The van der Waals surface area contributed by atoms with Crippen LogP contribution < -0.4 is 9.64 Å². The fraction of sp³-hybridized carbons (Fsp3) is 0.125. The van der Waals surface area contributed by atoms with Crippen molar-refractivity contribution in [3.05, 3.63) is 53.2 Å². The molecule has 1 aliphatic rings. The van der Waals surface area contributed by atoms with Crippen molar-refractivity contribution >= 4 is 46.0 Å². The van der Waals surface area contributed by atoms with E-state index >= 15 is 0 Å². The number of amides is 1. The SMILES string of the molecule is COc1ccc(N2C(=O)C(=Cc3cccn3C)SC2=S)cc1. The third-order valence-electron chi connectivity index (χ3n) is 3.39. The van der Waals surface area contributed by atoms with Gasteiger partial charge in [0.15, 0.2) is 4.32 Å². The molecule has 1 fully saturated rings. The Morgan fingerprint density at radius 1 is 1.23 bits per heavy atom. The highest BCUT2D eigenvalue weighted by atomic mass is 32.2. The van der Waals surface area contributed by atoms with Gasteiger partial charge in [0, 0.05) is 18.9 Å². The average molecular weight is 330 g/mol.